The van der Waals surface area contributed by atoms with E-state index < -0.39 is 5.91 Å². The van der Waals surface area contributed by atoms with Gasteiger partial charge in [-0.25, -0.2) is 0 Å². The average molecular weight is 330 g/mol. The fourth-order valence-corrected chi connectivity index (χ4v) is 3.31. The van der Waals surface area contributed by atoms with Crippen molar-refractivity contribution in [1.29, 1.82) is 0 Å². The minimum Gasteiger partial charge on any atom is -0.366 e. The molecular weight excluding hydrogens is 300 g/mol. The van der Waals surface area contributed by atoms with Crippen molar-refractivity contribution in [3.8, 4) is 0 Å². The third-order valence-electron chi connectivity index (χ3n) is 4.70. The predicted octanol–water partition coefficient (Wildman–Crippen LogP) is 2.81. The van der Waals surface area contributed by atoms with Gasteiger partial charge in [0.15, 0.2) is 5.96 Å². The van der Waals surface area contributed by atoms with Gasteiger partial charge >= 0.3 is 0 Å². The summed E-state index contributed by atoms with van der Waals surface area (Å²) in [7, 11) is 1.77. The highest BCUT2D eigenvalue weighted by atomic mass is 16.1. The van der Waals surface area contributed by atoms with Crippen LogP contribution in [0.15, 0.2) is 29.3 Å². The van der Waals surface area contributed by atoms with E-state index in [1.807, 2.05) is 18.2 Å². The van der Waals surface area contributed by atoms with Crippen molar-refractivity contribution in [2.75, 3.05) is 13.6 Å². The van der Waals surface area contributed by atoms with Gasteiger partial charge in [-0.15, -0.1) is 0 Å². The first kappa shape index (κ1) is 18.3. The van der Waals surface area contributed by atoms with E-state index in [9.17, 15) is 4.79 Å². The fourth-order valence-electron chi connectivity index (χ4n) is 3.31. The van der Waals surface area contributed by atoms with Crippen LogP contribution in [0, 0.1) is 5.92 Å². The van der Waals surface area contributed by atoms with E-state index in [-0.39, 0.29) is 0 Å². The Bertz CT molecular complexity index is 550. The zero-order valence-corrected chi connectivity index (χ0v) is 14.7. The smallest absolute Gasteiger partial charge is 0.248 e. The van der Waals surface area contributed by atoms with E-state index in [0.29, 0.717) is 12.1 Å². The SMILES string of the molecule is CN=C(NCCCC1CCCCC1)NCc1cccc(C(N)=O)c1. The average Bonchev–Trinajstić information content (AvgIpc) is 2.62. The second-order valence-corrected chi connectivity index (χ2v) is 6.56. The maximum atomic E-state index is 11.2. The summed E-state index contributed by atoms with van der Waals surface area (Å²) >= 11 is 0. The molecule has 1 aliphatic carbocycles. The molecule has 0 unspecified atom stereocenters. The van der Waals surface area contributed by atoms with Crippen molar-refractivity contribution < 1.29 is 4.79 Å². The summed E-state index contributed by atoms with van der Waals surface area (Å²) < 4.78 is 0. The van der Waals surface area contributed by atoms with Crippen LogP contribution >= 0.6 is 0 Å². The van der Waals surface area contributed by atoms with Gasteiger partial charge in [0.25, 0.3) is 0 Å². The zero-order chi connectivity index (χ0) is 17.2. The molecule has 5 heteroatoms. The van der Waals surface area contributed by atoms with Crippen LogP contribution in [0.2, 0.25) is 0 Å². The molecule has 1 aromatic rings. The van der Waals surface area contributed by atoms with Crippen molar-refractivity contribution in [1.82, 2.24) is 10.6 Å². The molecule has 1 aromatic carbocycles. The second-order valence-electron chi connectivity index (χ2n) is 6.56. The van der Waals surface area contributed by atoms with Crippen molar-refractivity contribution in [3.05, 3.63) is 35.4 Å². The van der Waals surface area contributed by atoms with Gasteiger partial charge in [-0.05, 0) is 36.5 Å². The lowest BCUT2D eigenvalue weighted by molar-refractivity contribution is 0.1000. The van der Waals surface area contributed by atoms with E-state index in [2.05, 4.69) is 15.6 Å². The molecule has 0 saturated heterocycles. The number of carbonyl (C=O) groups is 1. The van der Waals surface area contributed by atoms with Crippen molar-refractivity contribution >= 4 is 11.9 Å². The number of nitrogens with zero attached hydrogens (tertiary/aromatic N) is 1. The van der Waals surface area contributed by atoms with Gasteiger partial charge in [-0.2, -0.15) is 0 Å². The first-order chi connectivity index (χ1) is 11.7. The lowest BCUT2D eigenvalue weighted by Gasteiger charge is -2.21. The van der Waals surface area contributed by atoms with E-state index in [1.165, 1.54) is 44.9 Å². The molecule has 5 nitrogen and oxygen atoms in total. The Labute approximate surface area is 145 Å². The van der Waals surface area contributed by atoms with E-state index in [1.54, 1.807) is 13.1 Å². The molecule has 0 spiro atoms. The summed E-state index contributed by atoms with van der Waals surface area (Å²) in [6.07, 6.45) is 9.54. The molecule has 1 aliphatic rings. The Kier molecular flexibility index (Phi) is 7.59. The number of nitrogens with one attached hydrogen (secondary N) is 2. The highest BCUT2D eigenvalue weighted by Crippen LogP contribution is 2.26. The first-order valence-corrected chi connectivity index (χ1v) is 9.02. The Balaban J connectivity index is 1.68. The monoisotopic (exact) mass is 330 g/mol. The summed E-state index contributed by atoms with van der Waals surface area (Å²) in [4.78, 5) is 15.5. The van der Waals surface area contributed by atoms with Crippen LogP contribution in [0.25, 0.3) is 0 Å². The normalized spacial score (nSPS) is 16.0. The van der Waals surface area contributed by atoms with Gasteiger partial charge in [0, 0.05) is 25.7 Å². The number of hydrogen-bond acceptors (Lipinski definition) is 2. The summed E-state index contributed by atoms with van der Waals surface area (Å²) in [5, 5.41) is 6.64. The summed E-state index contributed by atoms with van der Waals surface area (Å²) in [5.74, 6) is 1.32. The minimum atomic E-state index is -0.401. The molecule has 4 N–H and O–H groups in total. The fraction of sp³-hybridized carbons (Fsp3) is 0.579. The molecule has 0 aliphatic heterocycles. The van der Waals surface area contributed by atoms with Gasteiger partial charge in [0.2, 0.25) is 5.91 Å². The number of carbonyl (C=O) groups excluding carboxylic acids is 1. The largest absolute Gasteiger partial charge is 0.366 e. The number of amides is 1. The summed E-state index contributed by atoms with van der Waals surface area (Å²) in [6.45, 7) is 1.56. The minimum absolute atomic E-state index is 0.401. The molecular formula is C19H30N4O. The van der Waals surface area contributed by atoms with Gasteiger partial charge in [0.05, 0.1) is 0 Å². The molecule has 0 bridgehead atoms. The van der Waals surface area contributed by atoms with Crippen LogP contribution in [0.5, 0.6) is 0 Å². The lowest BCUT2D eigenvalue weighted by Crippen LogP contribution is -2.37. The molecule has 1 fully saturated rings. The number of rotatable bonds is 7. The molecule has 0 radical (unpaired) electrons. The van der Waals surface area contributed by atoms with Crippen molar-refractivity contribution in [2.24, 2.45) is 16.6 Å². The zero-order valence-electron chi connectivity index (χ0n) is 14.7. The van der Waals surface area contributed by atoms with Gasteiger partial charge < -0.3 is 16.4 Å². The first-order valence-electron chi connectivity index (χ1n) is 9.02. The van der Waals surface area contributed by atoms with E-state index >= 15 is 0 Å². The molecule has 0 heterocycles. The molecule has 132 valence electrons. The number of aliphatic imine (C=N–C) groups is 1. The quantitative estimate of drug-likeness (QED) is 0.408. The van der Waals surface area contributed by atoms with Crippen LogP contribution < -0.4 is 16.4 Å². The van der Waals surface area contributed by atoms with Crippen molar-refractivity contribution in [2.45, 2.75) is 51.5 Å². The highest BCUT2D eigenvalue weighted by Gasteiger charge is 2.12. The van der Waals surface area contributed by atoms with Crippen LogP contribution in [0.1, 0.15) is 60.9 Å². The van der Waals surface area contributed by atoms with Gasteiger partial charge in [-0.3, -0.25) is 9.79 Å². The summed E-state index contributed by atoms with van der Waals surface area (Å²) in [5.41, 5.74) is 6.85. The second kappa shape index (κ2) is 9.96. The van der Waals surface area contributed by atoms with Crippen molar-refractivity contribution in [3.63, 3.8) is 0 Å². The van der Waals surface area contributed by atoms with Crippen LogP contribution in [-0.4, -0.2) is 25.5 Å². The summed E-state index contributed by atoms with van der Waals surface area (Å²) in [6, 6.07) is 7.35. The highest BCUT2D eigenvalue weighted by molar-refractivity contribution is 5.92. The predicted molar refractivity (Wildman–Crippen MR) is 99.0 cm³/mol. The topological polar surface area (TPSA) is 79.5 Å². The molecule has 24 heavy (non-hydrogen) atoms. The van der Waals surface area contributed by atoms with Gasteiger partial charge in [0.1, 0.15) is 0 Å². The Morgan fingerprint density at radius 3 is 2.75 bits per heavy atom. The number of guanidine groups is 1. The van der Waals surface area contributed by atoms with E-state index in [0.717, 1.165) is 24.0 Å². The molecule has 2 rings (SSSR count). The molecule has 1 saturated carbocycles. The third-order valence-corrected chi connectivity index (χ3v) is 4.70. The maximum Gasteiger partial charge on any atom is 0.248 e. The standard InChI is InChI=1S/C19H30N4O/c1-21-19(22-12-6-10-15-7-3-2-4-8-15)23-14-16-9-5-11-17(13-16)18(20)24/h5,9,11,13,15H,2-4,6-8,10,12,14H2,1H3,(H2,20,24)(H2,21,22,23). The third kappa shape index (κ3) is 6.22. The van der Waals surface area contributed by atoms with E-state index in [4.69, 9.17) is 5.73 Å². The Morgan fingerprint density at radius 1 is 1.25 bits per heavy atom. The number of hydrogen-bond donors (Lipinski definition) is 3. The lowest BCUT2D eigenvalue weighted by atomic mass is 9.86. The number of benzene rings is 1. The Morgan fingerprint density at radius 2 is 2.04 bits per heavy atom. The molecule has 0 aromatic heterocycles. The maximum absolute atomic E-state index is 11.2. The Hall–Kier alpha value is -2.04. The molecule has 1 amide bonds. The van der Waals surface area contributed by atoms with Crippen LogP contribution in [0.3, 0.4) is 0 Å². The molecule has 0 atom stereocenters. The number of primary amides is 1. The van der Waals surface area contributed by atoms with Gasteiger partial charge in [-0.1, -0.05) is 44.2 Å². The number of nitrogens with two attached hydrogens (primary N) is 1. The van der Waals surface area contributed by atoms with Crippen LogP contribution in [0.4, 0.5) is 0 Å². The van der Waals surface area contributed by atoms with Crippen LogP contribution in [-0.2, 0) is 6.54 Å².